The van der Waals surface area contributed by atoms with Gasteiger partial charge in [0.1, 0.15) is 0 Å². The number of carboxylic acids is 1. The number of carbonyl (C=O) groups is 1. The van der Waals surface area contributed by atoms with Gasteiger partial charge in [0.2, 0.25) is 0 Å². The van der Waals surface area contributed by atoms with E-state index in [0.717, 1.165) is 31.5 Å². The molecule has 0 aliphatic carbocycles. The van der Waals surface area contributed by atoms with Crippen LogP contribution in [0.15, 0.2) is 24.5 Å². The molecule has 1 aliphatic heterocycles. The molecule has 20 heavy (non-hydrogen) atoms. The SMILES string of the molecule is COCCC1(C(=O)O)CCCN(Cc2cccnc2)C1. The summed E-state index contributed by atoms with van der Waals surface area (Å²) in [6, 6.07) is 3.94. The highest BCUT2D eigenvalue weighted by Crippen LogP contribution is 2.34. The molecule has 1 N–H and O–H groups in total. The smallest absolute Gasteiger partial charge is 0.311 e. The Morgan fingerprint density at radius 3 is 3.10 bits per heavy atom. The molecule has 0 saturated carbocycles. The van der Waals surface area contributed by atoms with Gasteiger partial charge in [-0.25, -0.2) is 0 Å². The fraction of sp³-hybridized carbons (Fsp3) is 0.600. The molecule has 0 spiro atoms. The Hall–Kier alpha value is -1.46. The summed E-state index contributed by atoms with van der Waals surface area (Å²) >= 11 is 0. The van der Waals surface area contributed by atoms with Crippen LogP contribution in [0.4, 0.5) is 0 Å². The van der Waals surface area contributed by atoms with E-state index in [1.165, 1.54) is 0 Å². The van der Waals surface area contributed by atoms with Crippen LogP contribution >= 0.6 is 0 Å². The second-order valence-corrected chi connectivity index (χ2v) is 5.50. The molecule has 1 saturated heterocycles. The summed E-state index contributed by atoms with van der Waals surface area (Å²) in [5.74, 6) is -0.703. The van der Waals surface area contributed by atoms with Gasteiger partial charge in [-0.3, -0.25) is 14.7 Å². The van der Waals surface area contributed by atoms with Gasteiger partial charge >= 0.3 is 5.97 Å². The zero-order valence-corrected chi connectivity index (χ0v) is 11.9. The number of likely N-dealkylation sites (tertiary alicyclic amines) is 1. The van der Waals surface area contributed by atoms with Gasteiger partial charge in [0.25, 0.3) is 0 Å². The molecule has 2 heterocycles. The molecule has 0 amide bonds. The van der Waals surface area contributed by atoms with Gasteiger partial charge in [0, 0.05) is 39.2 Å². The summed E-state index contributed by atoms with van der Waals surface area (Å²) in [6.07, 6.45) is 5.81. The standard InChI is InChI=1S/C15H22N2O3/c1-20-9-6-15(14(18)19)5-3-8-17(12-15)11-13-4-2-7-16-10-13/h2,4,7,10H,3,5-6,8-9,11-12H2,1H3,(H,18,19). The third kappa shape index (κ3) is 3.55. The summed E-state index contributed by atoms with van der Waals surface area (Å²) in [7, 11) is 1.62. The van der Waals surface area contributed by atoms with Gasteiger partial charge in [0.05, 0.1) is 5.41 Å². The lowest BCUT2D eigenvalue weighted by atomic mass is 9.77. The van der Waals surface area contributed by atoms with Crippen molar-refractivity contribution in [2.45, 2.75) is 25.8 Å². The third-order valence-electron chi connectivity index (χ3n) is 4.02. The molecular formula is C15H22N2O3. The Morgan fingerprint density at radius 2 is 2.45 bits per heavy atom. The number of hydrogen-bond acceptors (Lipinski definition) is 4. The first-order chi connectivity index (χ1) is 9.66. The lowest BCUT2D eigenvalue weighted by Gasteiger charge is -2.39. The van der Waals surface area contributed by atoms with Crippen LogP contribution in [0, 0.1) is 5.41 Å². The van der Waals surface area contributed by atoms with Gasteiger partial charge in [0.15, 0.2) is 0 Å². The molecule has 5 heteroatoms. The molecule has 1 aliphatic rings. The summed E-state index contributed by atoms with van der Waals surface area (Å²) < 4.78 is 5.08. The van der Waals surface area contributed by atoms with E-state index in [4.69, 9.17) is 4.74 Å². The van der Waals surface area contributed by atoms with Crippen LogP contribution in [0.1, 0.15) is 24.8 Å². The van der Waals surface area contributed by atoms with Gasteiger partial charge in [-0.2, -0.15) is 0 Å². The summed E-state index contributed by atoms with van der Waals surface area (Å²) in [6.45, 7) is 2.78. The van der Waals surface area contributed by atoms with Crippen LogP contribution in [0.25, 0.3) is 0 Å². The maximum atomic E-state index is 11.7. The van der Waals surface area contributed by atoms with Crippen molar-refractivity contribution in [2.24, 2.45) is 5.41 Å². The maximum absolute atomic E-state index is 11.7. The number of nitrogens with zero attached hydrogens (tertiary/aromatic N) is 2. The van der Waals surface area contributed by atoms with Crippen LogP contribution in [-0.4, -0.2) is 47.8 Å². The minimum absolute atomic E-state index is 0.493. The number of ether oxygens (including phenoxy) is 1. The van der Waals surface area contributed by atoms with Crippen molar-refractivity contribution in [3.63, 3.8) is 0 Å². The van der Waals surface area contributed by atoms with E-state index in [9.17, 15) is 9.90 Å². The molecular weight excluding hydrogens is 256 g/mol. The van der Waals surface area contributed by atoms with Crippen molar-refractivity contribution < 1.29 is 14.6 Å². The zero-order valence-electron chi connectivity index (χ0n) is 11.9. The van der Waals surface area contributed by atoms with Crippen molar-refractivity contribution in [1.82, 2.24) is 9.88 Å². The minimum Gasteiger partial charge on any atom is -0.481 e. The Labute approximate surface area is 119 Å². The highest BCUT2D eigenvalue weighted by atomic mass is 16.5. The molecule has 2 rings (SSSR count). The predicted octanol–water partition coefficient (Wildman–Crippen LogP) is 1.78. The van der Waals surface area contributed by atoms with Crippen molar-refractivity contribution in [1.29, 1.82) is 0 Å². The van der Waals surface area contributed by atoms with Crippen molar-refractivity contribution in [3.8, 4) is 0 Å². The summed E-state index contributed by atoms with van der Waals surface area (Å²) in [5, 5.41) is 9.60. The van der Waals surface area contributed by atoms with E-state index in [0.29, 0.717) is 19.6 Å². The second-order valence-electron chi connectivity index (χ2n) is 5.50. The molecule has 110 valence electrons. The van der Waals surface area contributed by atoms with Gasteiger partial charge in [-0.15, -0.1) is 0 Å². The number of aliphatic carboxylic acids is 1. The fourth-order valence-corrected chi connectivity index (χ4v) is 2.89. The molecule has 0 bridgehead atoms. The largest absolute Gasteiger partial charge is 0.481 e. The minimum atomic E-state index is -0.703. The molecule has 0 radical (unpaired) electrons. The first-order valence-electron chi connectivity index (χ1n) is 7.00. The van der Waals surface area contributed by atoms with Crippen LogP contribution in [0.5, 0.6) is 0 Å². The lowest BCUT2D eigenvalue weighted by Crippen LogP contribution is -2.48. The third-order valence-corrected chi connectivity index (χ3v) is 4.02. The van der Waals surface area contributed by atoms with Gasteiger partial charge < -0.3 is 9.84 Å². The van der Waals surface area contributed by atoms with E-state index in [-0.39, 0.29) is 0 Å². The number of piperidine rings is 1. The Balaban J connectivity index is 2.04. The Kier molecular flexibility index (Phi) is 5.09. The first-order valence-corrected chi connectivity index (χ1v) is 7.00. The van der Waals surface area contributed by atoms with E-state index in [2.05, 4.69) is 9.88 Å². The van der Waals surface area contributed by atoms with E-state index in [1.807, 2.05) is 18.3 Å². The van der Waals surface area contributed by atoms with Gasteiger partial charge in [-0.05, 0) is 37.4 Å². The lowest BCUT2D eigenvalue weighted by molar-refractivity contribution is -0.154. The number of rotatable bonds is 6. The number of hydrogen-bond donors (Lipinski definition) is 1. The van der Waals surface area contributed by atoms with Crippen LogP contribution in [0.2, 0.25) is 0 Å². The molecule has 1 unspecified atom stereocenters. The molecule has 1 aromatic rings. The molecule has 1 fully saturated rings. The number of aromatic nitrogens is 1. The fourth-order valence-electron chi connectivity index (χ4n) is 2.89. The molecule has 0 aromatic carbocycles. The second kappa shape index (κ2) is 6.81. The Morgan fingerprint density at radius 1 is 1.60 bits per heavy atom. The topological polar surface area (TPSA) is 62.7 Å². The number of pyridine rings is 1. The monoisotopic (exact) mass is 278 g/mol. The molecule has 5 nitrogen and oxygen atoms in total. The number of carboxylic acid groups (broad SMARTS) is 1. The van der Waals surface area contributed by atoms with Crippen molar-refractivity contribution in [2.75, 3.05) is 26.8 Å². The first kappa shape index (κ1) is 14.9. The van der Waals surface area contributed by atoms with Gasteiger partial charge in [-0.1, -0.05) is 6.07 Å². The molecule has 1 aromatic heterocycles. The quantitative estimate of drug-likeness (QED) is 0.859. The van der Waals surface area contributed by atoms with Crippen molar-refractivity contribution >= 4 is 5.97 Å². The Bertz CT molecular complexity index is 438. The summed E-state index contributed by atoms with van der Waals surface area (Å²) in [5.41, 5.74) is 0.455. The number of methoxy groups -OCH3 is 1. The van der Waals surface area contributed by atoms with E-state index < -0.39 is 11.4 Å². The molecule has 1 atom stereocenters. The van der Waals surface area contributed by atoms with E-state index in [1.54, 1.807) is 13.3 Å². The van der Waals surface area contributed by atoms with E-state index >= 15 is 0 Å². The predicted molar refractivity (Wildman–Crippen MR) is 75.3 cm³/mol. The zero-order chi connectivity index (χ0) is 14.4. The average molecular weight is 278 g/mol. The normalized spacial score (nSPS) is 23.6. The van der Waals surface area contributed by atoms with Crippen LogP contribution in [-0.2, 0) is 16.1 Å². The average Bonchev–Trinajstić information content (AvgIpc) is 2.46. The maximum Gasteiger partial charge on any atom is 0.311 e. The summed E-state index contributed by atoms with van der Waals surface area (Å²) in [4.78, 5) is 18.0. The van der Waals surface area contributed by atoms with Crippen LogP contribution in [0.3, 0.4) is 0 Å². The highest BCUT2D eigenvalue weighted by molar-refractivity contribution is 5.75. The van der Waals surface area contributed by atoms with Crippen LogP contribution < -0.4 is 0 Å². The highest BCUT2D eigenvalue weighted by Gasteiger charge is 2.41. The van der Waals surface area contributed by atoms with Crippen molar-refractivity contribution in [3.05, 3.63) is 30.1 Å².